The Morgan fingerprint density at radius 1 is 1.33 bits per heavy atom. The Labute approximate surface area is 159 Å². The number of ether oxygens (including phenoxy) is 4. The topological polar surface area (TPSA) is 77.5 Å². The zero-order chi connectivity index (χ0) is 19.8. The van der Waals surface area contributed by atoms with Crippen molar-refractivity contribution in [3.05, 3.63) is 23.8 Å². The van der Waals surface area contributed by atoms with Crippen LogP contribution in [-0.2, 0) is 9.47 Å². The van der Waals surface area contributed by atoms with E-state index in [1.54, 1.807) is 52.8 Å². The number of fused-ring (bicyclic) bond motifs is 1. The molecule has 1 aromatic rings. The molecule has 7 nitrogen and oxygen atoms in total. The molecule has 1 N–H and O–H groups in total. The van der Waals surface area contributed by atoms with Gasteiger partial charge in [0.25, 0.3) is 0 Å². The van der Waals surface area contributed by atoms with Crippen LogP contribution in [0.5, 0.6) is 11.5 Å². The Morgan fingerprint density at radius 3 is 2.74 bits per heavy atom. The van der Waals surface area contributed by atoms with E-state index in [-0.39, 0.29) is 13.4 Å². The first kappa shape index (κ1) is 19.3. The van der Waals surface area contributed by atoms with Crippen LogP contribution in [0.2, 0.25) is 0 Å². The summed E-state index contributed by atoms with van der Waals surface area (Å²) in [4.78, 5) is 14.1. The van der Waals surface area contributed by atoms with Crippen LogP contribution in [0.15, 0.2) is 18.2 Å². The van der Waals surface area contributed by atoms with Crippen molar-refractivity contribution in [3.63, 3.8) is 0 Å². The zero-order valence-electron chi connectivity index (χ0n) is 16.2. The third-order valence-electron chi connectivity index (χ3n) is 4.18. The molecular weight excluding hydrogens is 350 g/mol. The Morgan fingerprint density at radius 2 is 2.04 bits per heavy atom. The minimum Gasteiger partial charge on any atom is -0.454 e. The molecule has 7 heteroatoms. The highest BCUT2D eigenvalue weighted by atomic mass is 16.7. The molecule has 1 aromatic carbocycles. The predicted octanol–water partition coefficient (Wildman–Crippen LogP) is 2.82. The van der Waals surface area contributed by atoms with Crippen molar-refractivity contribution in [2.75, 3.05) is 13.4 Å². The summed E-state index contributed by atoms with van der Waals surface area (Å²) in [5.41, 5.74) is -0.876. The molecule has 146 valence electrons. The second-order valence-corrected chi connectivity index (χ2v) is 7.93. The van der Waals surface area contributed by atoms with Gasteiger partial charge in [-0.15, -0.1) is 0 Å². The van der Waals surface area contributed by atoms with E-state index in [9.17, 15) is 9.90 Å². The molecule has 0 bridgehead atoms. The van der Waals surface area contributed by atoms with E-state index in [1.165, 1.54) is 4.90 Å². The minimum absolute atomic E-state index is 0.167. The quantitative estimate of drug-likeness (QED) is 0.761. The Hall–Kier alpha value is -2.43. The highest BCUT2D eigenvalue weighted by molar-refractivity contribution is 5.70. The van der Waals surface area contributed by atoms with Gasteiger partial charge < -0.3 is 24.1 Å². The van der Waals surface area contributed by atoms with Crippen LogP contribution >= 0.6 is 0 Å². The van der Waals surface area contributed by atoms with Crippen molar-refractivity contribution in [1.82, 2.24) is 4.90 Å². The summed E-state index contributed by atoms with van der Waals surface area (Å²) in [6.45, 7) is 9.39. The van der Waals surface area contributed by atoms with Crippen LogP contribution in [0.4, 0.5) is 4.79 Å². The molecule has 0 spiro atoms. The Bertz CT molecular complexity index is 786. The number of nitrogens with zero attached hydrogens (tertiary/aromatic N) is 1. The average Bonchev–Trinajstić information content (AvgIpc) is 3.13. The number of hydrogen-bond donors (Lipinski definition) is 1. The summed E-state index contributed by atoms with van der Waals surface area (Å²) in [7, 11) is 0. The van der Waals surface area contributed by atoms with Crippen LogP contribution in [0.1, 0.15) is 46.3 Å². The lowest BCUT2D eigenvalue weighted by Gasteiger charge is -2.33. The summed E-state index contributed by atoms with van der Waals surface area (Å²) in [6, 6.07) is 4.64. The first-order valence-corrected chi connectivity index (χ1v) is 8.82. The fourth-order valence-electron chi connectivity index (χ4n) is 2.91. The molecule has 0 aliphatic carbocycles. The maximum Gasteiger partial charge on any atom is 0.413 e. The summed E-state index contributed by atoms with van der Waals surface area (Å²) in [5, 5.41) is 10.4. The SMILES string of the molecule is CC(C)(C)OC(=O)N1[C@H](C#CC(O)c2ccc3c(c2)OCO3)COC1(C)C. The highest BCUT2D eigenvalue weighted by Crippen LogP contribution is 2.34. The molecule has 2 atom stereocenters. The van der Waals surface area contributed by atoms with Crippen molar-refractivity contribution in [2.24, 2.45) is 0 Å². The molecule has 1 unspecified atom stereocenters. The van der Waals surface area contributed by atoms with Crippen molar-refractivity contribution < 1.29 is 28.8 Å². The number of aliphatic hydroxyl groups is 1. The molecule has 2 aliphatic rings. The van der Waals surface area contributed by atoms with Gasteiger partial charge in [-0.2, -0.15) is 0 Å². The number of benzene rings is 1. The van der Waals surface area contributed by atoms with Gasteiger partial charge >= 0.3 is 6.09 Å². The summed E-state index contributed by atoms with van der Waals surface area (Å²) in [6.07, 6.45) is -1.52. The van der Waals surface area contributed by atoms with Gasteiger partial charge in [-0.05, 0) is 52.3 Å². The predicted molar refractivity (Wildman–Crippen MR) is 97.2 cm³/mol. The molecule has 1 amide bonds. The first-order chi connectivity index (χ1) is 12.6. The van der Waals surface area contributed by atoms with Gasteiger partial charge in [-0.3, -0.25) is 4.90 Å². The third kappa shape index (κ3) is 4.29. The molecule has 0 saturated carbocycles. The fourth-order valence-corrected chi connectivity index (χ4v) is 2.91. The second kappa shape index (κ2) is 6.95. The van der Waals surface area contributed by atoms with Crippen molar-refractivity contribution >= 4 is 6.09 Å². The van der Waals surface area contributed by atoms with Crippen molar-refractivity contribution in [1.29, 1.82) is 0 Å². The summed E-state index contributed by atoms with van der Waals surface area (Å²) in [5.74, 6) is 6.96. The normalized spacial score (nSPS) is 21.4. The average molecular weight is 375 g/mol. The first-order valence-electron chi connectivity index (χ1n) is 8.82. The lowest BCUT2D eigenvalue weighted by molar-refractivity contribution is -0.0608. The Balaban J connectivity index is 1.77. The van der Waals surface area contributed by atoms with Gasteiger partial charge in [-0.25, -0.2) is 4.79 Å². The number of rotatable bonds is 1. The van der Waals surface area contributed by atoms with Crippen LogP contribution in [0.25, 0.3) is 0 Å². The number of aliphatic hydroxyl groups excluding tert-OH is 1. The minimum atomic E-state index is -1.02. The largest absolute Gasteiger partial charge is 0.454 e. The number of carbonyl (C=O) groups is 1. The number of carbonyl (C=O) groups excluding carboxylic acids is 1. The molecule has 27 heavy (non-hydrogen) atoms. The van der Waals surface area contributed by atoms with Gasteiger partial charge in [0, 0.05) is 0 Å². The lowest BCUT2D eigenvalue weighted by Crippen LogP contribution is -2.49. The summed E-state index contributed by atoms with van der Waals surface area (Å²) >= 11 is 0. The van der Waals surface area contributed by atoms with E-state index in [0.29, 0.717) is 17.1 Å². The van der Waals surface area contributed by atoms with Gasteiger partial charge in [0.05, 0.1) is 6.61 Å². The fraction of sp³-hybridized carbons (Fsp3) is 0.550. The highest BCUT2D eigenvalue weighted by Gasteiger charge is 2.45. The van der Waals surface area contributed by atoms with E-state index in [2.05, 4.69) is 11.8 Å². The summed E-state index contributed by atoms with van der Waals surface area (Å²) < 4.78 is 21.8. The van der Waals surface area contributed by atoms with E-state index in [4.69, 9.17) is 18.9 Å². The molecule has 1 fully saturated rings. The van der Waals surface area contributed by atoms with Crippen molar-refractivity contribution in [2.45, 2.75) is 58.1 Å². The van der Waals surface area contributed by atoms with Crippen LogP contribution in [-0.4, -0.2) is 46.9 Å². The second-order valence-electron chi connectivity index (χ2n) is 7.93. The molecule has 0 radical (unpaired) electrons. The van der Waals surface area contributed by atoms with E-state index in [1.807, 2.05) is 0 Å². The molecular formula is C20H25NO6. The zero-order valence-corrected chi connectivity index (χ0v) is 16.2. The molecule has 0 aromatic heterocycles. The van der Waals surface area contributed by atoms with E-state index < -0.39 is 29.6 Å². The Kier molecular flexibility index (Phi) is 4.98. The van der Waals surface area contributed by atoms with Gasteiger partial charge in [0.15, 0.2) is 11.5 Å². The monoisotopic (exact) mass is 375 g/mol. The van der Waals surface area contributed by atoms with Gasteiger partial charge in [0.2, 0.25) is 6.79 Å². The van der Waals surface area contributed by atoms with Crippen LogP contribution in [0, 0.1) is 11.8 Å². The van der Waals surface area contributed by atoms with E-state index >= 15 is 0 Å². The molecule has 2 aliphatic heterocycles. The standard InChI is InChI=1S/C20H25NO6/c1-19(2,3)27-18(23)21-14(11-26-20(21,4)5)7-8-15(22)13-6-9-16-17(10-13)25-12-24-16/h6,9-10,14-15,22H,11-12H2,1-5H3/t14-,15?/m1/s1. The molecule has 2 heterocycles. The maximum absolute atomic E-state index is 12.6. The van der Waals surface area contributed by atoms with Gasteiger partial charge in [-0.1, -0.05) is 17.9 Å². The van der Waals surface area contributed by atoms with Crippen LogP contribution in [0.3, 0.4) is 0 Å². The smallest absolute Gasteiger partial charge is 0.413 e. The lowest BCUT2D eigenvalue weighted by atomic mass is 10.1. The number of hydrogen-bond acceptors (Lipinski definition) is 6. The molecule has 1 saturated heterocycles. The number of amides is 1. The van der Waals surface area contributed by atoms with Gasteiger partial charge in [0.1, 0.15) is 23.5 Å². The third-order valence-corrected chi connectivity index (χ3v) is 4.18. The van der Waals surface area contributed by atoms with E-state index in [0.717, 1.165) is 0 Å². The van der Waals surface area contributed by atoms with Crippen molar-refractivity contribution in [3.8, 4) is 23.3 Å². The van der Waals surface area contributed by atoms with Crippen LogP contribution < -0.4 is 9.47 Å². The maximum atomic E-state index is 12.6. The molecule has 3 rings (SSSR count).